The Morgan fingerprint density at radius 1 is 1.19 bits per heavy atom. The van der Waals surface area contributed by atoms with E-state index in [9.17, 15) is 9.18 Å². The van der Waals surface area contributed by atoms with E-state index in [-0.39, 0.29) is 17.4 Å². The first-order valence-electron chi connectivity index (χ1n) is 8.45. The van der Waals surface area contributed by atoms with Gasteiger partial charge in [0.2, 0.25) is 0 Å². The van der Waals surface area contributed by atoms with Gasteiger partial charge in [0.15, 0.2) is 5.69 Å². The van der Waals surface area contributed by atoms with Crippen LogP contribution in [0.4, 0.5) is 10.2 Å². The average Bonchev–Trinajstić information content (AvgIpc) is 3.03. The van der Waals surface area contributed by atoms with Crippen LogP contribution in [0.1, 0.15) is 21.7 Å². The monoisotopic (exact) mass is 369 g/mol. The van der Waals surface area contributed by atoms with Crippen molar-refractivity contribution in [1.82, 2.24) is 20.0 Å². The summed E-state index contributed by atoms with van der Waals surface area (Å²) in [7, 11) is 1.65. The van der Waals surface area contributed by atoms with Crippen LogP contribution in [0.25, 0.3) is 0 Å². The second-order valence-corrected chi connectivity index (χ2v) is 6.11. The number of hydrogen-bond acceptors (Lipinski definition) is 5. The fourth-order valence-corrected chi connectivity index (χ4v) is 2.47. The van der Waals surface area contributed by atoms with Crippen LogP contribution in [0.15, 0.2) is 42.6 Å². The number of benzene rings is 1. The van der Waals surface area contributed by atoms with Gasteiger partial charge in [-0.1, -0.05) is 11.3 Å². The summed E-state index contributed by atoms with van der Waals surface area (Å²) < 4.78 is 20.1. The number of carbonyl (C=O) groups excluding carboxylic acids is 1. The summed E-state index contributed by atoms with van der Waals surface area (Å²) in [4.78, 5) is 18.4. The van der Waals surface area contributed by atoms with Crippen LogP contribution in [0.3, 0.4) is 0 Å². The first-order valence-corrected chi connectivity index (χ1v) is 8.45. The van der Waals surface area contributed by atoms with Crippen molar-refractivity contribution in [3.05, 3.63) is 65.4 Å². The van der Waals surface area contributed by atoms with E-state index < -0.39 is 0 Å². The van der Waals surface area contributed by atoms with Gasteiger partial charge in [0.1, 0.15) is 24.0 Å². The lowest BCUT2D eigenvalue weighted by Gasteiger charge is -2.15. The molecule has 0 unspecified atom stereocenters. The highest BCUT2D eigenvalue weighted by molar-refractivity contribution is 6.04. The van der Waals surface area contributed by atoms with E-state index in [2.05, 4.69) is 15.3 Å². The van der Waals surface area contributed by atoms with Crippen LogP contribution < -0.4 is 9.64 Å². The zero-order chi connectivity index (χ0) is 19.4. The Morgan fingerprint density at radius 3 is 2.59 bits per heavy atom. The van der Waals surface area contributed by atoms with E-state index >= 15 is 0 Å². The minimum atomic E-state index is -0.315. The first-order chi connectivity index (χ1) is 13.0. The molecule has 1 amide bonds. The Hall–Kier alpha value is -3.29. The van der Waals surface area contributed by atoms with Gasteiger partial charge in [-0.05, 0) is 49.7 Å². The zero-order valence-corrected chi connectivity index (χ0v) is 15.4. The predicted molar refractivity (Wildman–Crippen MR) is 98.4 cm³/mol. The van der Waals surface area contributed by atoms with Gasteiger partial charge in [-0.2, -0.15) is 0 Å². The molecular formula is C19H20FN5O2. The van der Waals surface area contributed by atoms with E-state index in [0.717, 1.165) is 5.56 Å². The normalized spacial score (nSPS) is 10.7. The van der Waals surface area contributed by atoms with Gasteiger partial charge in [-0.3, -0.25) is 9.69 Å². The molecule has 0 saturated heterocycles. The van der Waals surface area contributed by atoms with Crippen molar-refractivity contribution in [2.24, 2.45) is 0 Å². The Labute approximate surface area is 156 Å². The summed E-state index contributed by atoms with van der Waals surface area (Å²) in [6.45, 7) is 4.44. The quantitative estimate of drug-likeness (QED) is 0.668. The first kappa shape index (κ1) is 18.5. The number of carbonyl (C=O) groups is 1. The molecule has 0 saturated carbocycles. The van der Waals surface area contributed by atoms with Crippen molar-refractivity contribution < 1.29 is 13.9 Å². The van der Waals surface area contributed by atoms with Gasteiger partial charge >= 0.3 is 0 Å². The van der Waals surface area contributed by atoms with E-state index in [1.54, 1.807) is 43.0 Å². The maximum Gasteiger partial charge on any atom is 0.281 e. The van der Waals surface area contributed by atoms with Gasteiger partial charge in [-0.25, -0.2) is 14.1 Å². The van der Waals surface area contributed by atoms with Crippen LogP contribution in [0.2, 0.25) is 0 Å². The van der Waals surface area contributed by atoms with Crippen LogP contribution in [-0.4, -0.2) is 39.5 Å². The minimum Gasteiger partial charge on any atom is -0.492 e. The standard InChI is InChI=1S/C19H20FN5O2/c1-13-4-9-17(21-12-13)24(3)19(26)18-14(2)25(23-22-18)10-11-27-16-7-5-15(20)6-8-16/h4-9,12H,10-11H2,1-3H3. The summed E-state index contributed by atoms with van der Waals surface area (Å²) in [5, 5.41) is 8.04. The molecule has 0 spiro atoms. The fourth-order valence-electron chi connectivity index (χ4n) is 2.47. The molecule has 0 bridgehead atoms. The highest BCUT2D eigenvalue weighted by atomic mass is 19.1. The van der Waals surface area contributed by atoms with Crippen molar-refractivity contribution in [2.45, 2.75) is 20.4 Å². The molecule has 8 heteroatoms. The molecule has 0 aliphatic carbocycles. The van der Waals surface area contributed by atoms with Crippen LogP contribution in [0, 0.1) is 19.7 Å². The van der Waals surface area contributed by atoms with Crippen LogP contribution in [-0.2, 0) is 6.54 Å². The average molecular weight is 369 g/mol. The molecule has 0 radical (unpaired) electrons. The molecule has 2 heterocycles. The Kier molecular flexibility index (Phi) is 5.44. The number of aromatic nitrogens is 4. The van der Waals surface area contributed by atoms with Crippen molar-refractivity contribution in [1.29, 1.82) is 0 Å². The summed E-state index contributed by atoms with van der Waals surface area (Å²) in [6, 6.07) is 9.46. The van der Waals surface area contributed by atoms with Crippen molar-refractivity contribution >= 4 is 11.7 Å². The van der Waals surface area contributed by atoms with Gasteiger partial charge < -0.3 is 4.74 Å². The molecule has 0 atom stereocenters. The molecule has 27 heavy (non-hydrogen) atoms. The third-order valence-electron chi connectivity index (χ3n) is 4.11. The smallest absolute Gasteiger partial charge is 0.281 e. The van der Waals surface area contributed by atoms with Crippen molar-refractivity contribution in [2.75, 3.05) is 18.6 Å². The molecule has 140 valence electrons. The van der Waals surface area contributed by atoms with E-state index in [1.807, 2.05) is 13.0 Å². The minimum absolute atomic E-state index is 0.265. The second kappa shape index (κ2) is 7.94. The Morgan fingerprint density at radius 2 is 1.93 bits per heavy atom. The third kappa shape index (κ3) is 4.28. The number of ether oxygens (including phenoxy) is 1. The summed E-state index contributed by atoms with van der Waals surface area (Å²) >= 11 is 0. The highest BCUT2D eigenvalue weighted by Gasteiger charge is 2.21. The van der Waals surface area contributed by atoms with E-state index in [0.29, 0.717) is 30.4 Å². The van der Waals surface area contributed by atoms with E-state index in [4.69, 9.17) is 4.74 Å². The number of hydrogen-bond donors (Lipinski definition) is 0. The van der Waals surface area contributed by atoms with Gasteiger partial charge in [-0.15, -0.1) is 5.10 Å². The van der Waals surface area contributed by atoms with Crippen LogP contribution >= 0.6 is 0 Å². The number of rotatable bonds is 6. The molecule has 3 rings (SSSR count). The summed E-state index contributed by atoms with van der Waals surface area (Å²) in [5.41, 5.74) is 1.92. The maximum atomic E-state index is 12.9. The van der Waals surface area contributed by atoms with Crippen molar-refractivity contribution in [3.8, 4) is 5.75 Å². The predicted octanol–water partition coefficient (Wildman–Crippen LogP) is 2.78. The van der Waals surface area contributed by atoms with Crippen LogP contribution in [0.5, 0.6) is 5.75 Å². The number of nitrogens with zero attached hydrogens (tertiary/aromatic N) is 5. The molecule has 3 aromatic rings. The summed E-state index contributed by atoms with van der Waals surface area (Å²) in [6.07, 6.45) is 1.70. The van der Waals surface area contributed by atoms with E-state index in [1.165, 1.54) is 17.0 Å². The lowest BCUT2D eigenvalue weighted by molar-refractivity contribution is 0.0986. The number of anilines is 1. The largest absolute Gasteiger partial charge is 0.492 e. The van der Waals surface area contributed by atoms with Crippen molar-refractivity contribution in [3.63, 3.8) is 0 Å². The lowest BCUT2D eigenvalue weighted by atomic mass is 10.3. The van der Waals surface area contributed by atoms with Gasteiger partial charge in [0, 0.05) is 13.2 Å². The molecule has 0 aliphatic heterocycles. The topological polar surface area (TPSA) is 73.1 Å². The number of pyridine rings is 1. The number of halogens is 1. The highest BCUT2D eigenvalue weighted by Crippen LogP contribution is 2.15. The van der Waals surface area contributed by atoms with Gasteiger partial charge in [0.05, 0.1) is 12.2 Å². The molecule has 0 N–H and O–H groups in total. The number of aryl methyl sites for hydroxylation is 1. The SMILES string of the molecule is Cc1ccc(N(C)C(=O)c2nnn(CCOc3ccc(F)cc3)c2C)nc1. The molecule has 0 aliphatic rings. The Bertz CT molecular complexity index is 922. The fraction of sp³-hybridized carbons (Fsp3) is 0.263. The number of amides is 1. The maximum absolute atomic E-state index is 12.9. The summed E-state index contributed by atoms with van der Waals surface area (Å²) in [5.74, 6) is 0.509. The lowest BCUT2D eigenvalue weighted by Crippen LogP contribution is -2.28. The zero-order valence-electron chi connectivity index (χ0n) is 15.4. The second-order valence-electron chi connectivity index (χ2n) is 6.11. The third-order valence-corrected chi connectivity index (χ3v) is 4.11. The molecular weight excluding hydrogens is 349 g/mol. The van der Waals surface area contributed by atoms with Gasteiger partial charge in [0.25, 0.3) is 5.91 Å². The molecule has 1 aromatic carbocycles. The Balaban J connectivity index is 1.64. The molecule has 0 fully saturated rings. The molecule has 2 aromatic heterocycles. The molecule has 7 nitrogen and oxygen atoms in total.